The lowest BCUT2D eigenvalue weighted by atomic mass is 9.77. The molecule has 0 unspecified atom stereocenters. The lowest BCUT2D eigenvalue weighted by molar-refractivity contribution is -0.00956. The number of allylic oxidation sites excluding steroid dienone is 1. The maximum atomic E-state index is 11.3. The second-order valence-corrected chi connectivity index (χ2v) is 7.64. The fourth-order valence-corrected chi connectivity index (χ4v) is 4.22. The maximum Gasteiger partial charge on any atom is 0.119 e. The first-order chi connectivity index (χ1) is 12.5. The predicted octanol–water partition coefficient (Wildman–Crippen LogP) is 4.20. The molecule has 1 saturated heterocycles. The average molecular weight is 354 g/mol. The van der Waals surface area contributed by atoms with Crippen LogP contribution in [0.1, 0.15) is 38.4 Å². The van der Waals surface area contributed by atoms with Crippen molar-refractivity contribution < 1.29 is 9.84 Å². The third kappa shape index (κ3) is 3.49. The molecular weight excluding hydrogens is 324 g/mol. The molecule has 1 aromatic carbocycles. The molecule has 26 heavy (non-hydrogen) atoms. The molecule has 0 spiro atoms. The number of likely N-dealkylation sites (N-methyl/N-ethyl adjacent to an activating group) is 1. The molecule has 1 N–H and O–H groups in total. The van der Waals surface area contributed by atoms with Gasteiger partial charge in [-0.1, -0.05) is 13.0 Å². The Balaban J connectivity index is 1.98. The number of likely N-dealkylation sites (tertiary alicyclic amines) is 1. The molecule has 3 rings (SSSR count). The molecule has 1 aliphatic rings. The van der Waals surface area contributed by atoms with E-state index in [2.05, 4.69) is 37.4 Å². The van der Waals surface area contributed by atoms with Gasteiger partial charge in [0, 0.05) is 23.7 Å². The van der Waals surface area contributed by atoms with Gasteiger partial charge in [0.25, 0.3) is 0 Å². The van der Waals surface area contributed by atoms with E-state index in [1.807, 2.05) is 30.3 Å². The number of piperidine rings is 1. The number of rotatable bonds is 5. The Labute approximate surface area is 156 Å². The quantitative estimate of drug-likeness (QED) is 0.818. The van der Waals surface area contributed by atoms with Crippen molar-refractivity contribution in [1.82, 2.24) is 9.88 Å². The van der Waals surface area contributed by atoms with Crippen LogP contribution in [0.3, 0.4) is 0 Å². The van der Waals surface area contributed by atoms with Gasteiger partial charge in [-0.25, -0.2) is 0 Å². The zero-order valence-corrected chi connectivity index (χ0v) is 16.2. The molecule has 4 heteroatoms. The summed E-state index contributed by atoms with van der Waals surface area (Å²) in [6.07, 6.45) is 5.35. The molecular formula is C22H30N2O2. The Kier molecular flexibility index (Phi) is 5.64. The first-order valence-electron chi connectivity index (χ1n) is 9.41. The Morgan fingerprint density at radius 1 is 1.35 bits per heavy atom. The zero-order valence-electron chi connectivity index (χ0n) is 16.2. The molecule has 1 aliphatic heterocycles. The highest BCUT2D eigenvalue weighted by molar-refractivity contribution is 5.83. The maximum absolute atomic E-state index is 11.3. The lowest BCUT2D eigenvalue weighted by Crippen LogP contribution is -2.49. The second kappa shape index (κ2) is 7.77. The predicted molar refractivity (Wildman–Crippen MR) is 106 cm³/mol. The number of benzene rings is 1. The van der Waals surface area contributed by atoms with Gasteiger partial charge in [-0.05, 0) is 68.5 Å². The molecule has 2 aromatic rings. The van der Waals surface area contributed by atoms with Crippen LogP contribution >= 0.6 is 0 Å². The highest BCUT2D eigenvalue weighted by atomic mass is 16.5. The lowest BCUT2D eigenvalue weighted by Gasteiger charge is -2.45. The van der Waals surface area contributed by atoms with Gasteiger partial charge < -0.3 is 9.84 Å². The van der Waals surface area contributed by atoms with Gasteiger partial charge in [-0.2, -0.15) is 0 Å². The standard InChI is InChI=1S/C22H30N2O2/c1-6-14(2)16-11-15(3)24(4)21(12-16)22(25)18-9-10-23-20-8-7-17(26-5)13-19(18)20/h6-10,13-16,21-22,25H,1,11-12H2,2-5H3/t14-,15+,16+,21-,22+/m1/s1. The molecule has 2 heterocycles. The highest BCUT2D eigenvalue weighted by Crippen LogP contribution is 2.39. The first-order valence-corrected chi connectivity index (χ1v) is 9.41. The molecule has 5 atom stereocenters. The minimum Gasteiger partial charge on any atom is -0.497 e. The van der Waals surface area contributed by atoms with Gasteiger partial charge >= 0.3 is 0 Å². The monoisotopic (exact) mass is 354 g/mol. The number of hydrogen-bond donors (Lipinski definition) is 1. The number of pyridine rings is 1. The van der Waals surface area contributed by atoms with E-state index < -0.39 is 6.10 Å². The van der Waals surface area contributed by atoms with E-state index in [1.54, 1.807) is 13.3 Å². The van der Waals surface area contributed by atoms with Crippen molar-refractivity contribution in [1.29, 1.82) is 0 Å². The van der Waals surface area contributed by atoms with E-state index in [1.165, 1.54) is 0 Å². The van der Waals surface area contributed by atoms with Crippen molar-refractivity contribution in [2.75, 3.05) is 14.2 Å². The summed E-state index contributed by atoms with van der Waals surface area (Å²) in [5.41, 5.74) is 1.80. The zero-order chi connectivity index (χ0) is 18.8. The third-order valence-electron chi connectivity index (χ3n) is 6.19. The van der Waals surface area contributed by atoms with Gasteiger partial charge in [0.1, 0.15) is 5.75 Å². The summed E-state index contributed by atoms with van der Waals surface area (Å²) in [6, 6.07) is 8.26. The first kappa shape index (κ1) is 18.9. The average Bonchev–Trinajstić information content (AvgIpc) is 2.67. The van der Waals surface area contributed by atoms with Gasteiger partial charge in [-0.15, -0.1) is 6.58 Å². The minimum atomic E-state index is -0.570. The van der Waals surface area contributed by atoms with Crippen LogP contribution in [0, 0.1) is 11.8 Å². The van der Waals surface area contributed by atoms with E-state index in [4.69, 9.17) is 4.74 Å². The smallest absolute Gasteiger partial charge is 0.119 e. The normalized spacial score (nSPS) is 26.4. The summed E-state index contributed by atoms with van der Waals surface area (Å²) >= 11 is 0. The summed E-state index contributed by atoms with van der Waals surface area (Å²) in [7, 11) is 3.78. The summed E-state index contributed by atoms with van der Waals surface area (Å²) in [5, 5.41) is 12.3. The number of hydrogen-bond acceptors (Lipinski definition) is 4. The summed E-state index contributed by atoms with van der Waals surface area (Å²) in [4.78, 5) is 6.76. The molecule has 1 aromatic heterocycles. The molecule has 4 nitrogen and oxygen atoms in total. The Morgan fingerprint density at radius 2 is 2.12 bits per heavy atom. The van der Waals surface area contributed by atoms with Crippen molar-refractivity contribution in [3.05, 3.63) is 48.7 Å². The number of aromatic nitrogens is 1. The molecule has 0 amide bonds. The van der Waals surface area contributed by atoms with Crippen molar-refractivity contribution in [3.63, 3.8) is 0 Å². The molecule has 1 fully saturated rings. The van der Waals surface area contributed by atoms with Crippen LogP contribution in [0.4, 0.5) is 0 Å². The fourth-order valence-electron chi connectivity index (χ4n) is 4.22. The second-order valence-electron chi connectivity index (χ2n) is 7.64. The van der Waals surface area contributed by atoms with Crippen LogP contribution in [0.2, 0.25) is 0 Å². The van der Waals surface area contributed by atoms with E-state index in [-0.39, 0.29) is 6.04 Å². The van der Waals surface area contributed by atoms with E-state index in [0.29, 0.717) is 17.9 Å². The van der Waals surface area contributed by atoms with Crippen LogP contribution < -0.4 is 4.74 Å². The van der Waals surface area contributed by atoms with E-state index >= 15 is 0 Å². The number of methoxy groups -OCH3 is 1. The number of aliphatic hydroxyl groups excluding tert-OH is 1. The summed E-state index contributed by atoms with van der Waals surface area (Å²) in [6.45, 7) is 8.44. The van der Waals surface area contributed by atoms with E-state index in [9.17, 15) is 5.11 Å². The Morgan fingerprint density at radius 3 is 2.81 bits per heavy atom. The van der Waals surface area contributed by atoms with Crippen LogP contribution in [0.5, 0.6) is 5.75 Å². The van der Waals surface area contributed by atoms with Gasteiger partial charge in [0.2, 0.25) is 0 Å². The Bertz CT molecular complexity index is 776. The van der Waals surface area contributed by atoms with Gasteiger partial charge in [0.05, 0.1) is 18.7 Å². The molecule has 140 valence electrons. The van der Waals surface area contributed by atoms with E-state index in [0.717, 1.165) is 35.1 Å². The van der Waals surface area contributed by atoms with Crippen LogP contribution in [-0.4, -0.2) is 41.2 Å². The summed E-state index contributed by atoms with van der Waals surface area (Å²) < 4.78 is 5.37. The van der Waals surface area contributed by atoms with Crippen molar-refractivity contribution in [2.24, 2.45) is 11.8 Å². The van der Waals surface area contributed by atoms with Crippen molar-refractivity contribution in [2.45, 2.75) is 44.9 Å². The van der Waals surface area contributed by atoms with Crippen LogP contribution in [-0.2, 0) is 0 Å². The molecule has 0 aliphatic carbocycles. The fraction of sp³-hybridized carbons (Fsp3) is 0.500. The van der Waals surface area contributed by atoms with Crippen molar-refractivity contribution in [3.8, 4) is 5.75 Å². The van der Waals surface area contributed by atoms with Crippen molar-refractivity contribution >= 4 is 10.9 Å². The largest absolute Gasteiger partial charge is 0.497 e. The van der Waals surface area contributed by atoms with Crippen LogP contribution in [0.15, 0.2) is 43.1 Å². The van der Waals surface area contributed by atoms with Crippen LogP contribution in [0.25, 0.3) is 10.9 Å². The van der Waals surface area contributed by atoms with Gasteiger partial charge in [-0.3, -0.25) is 9.88 Å². The van der Waals surface area contributed by atoms with Gasteiger partial charge in [0.15, 0.2) is 0 Å². The SMILES string of the molecule is C=C[C@@H](C)[C@@H]1C[C@H]([C@@H](O)c2ccnc3ccc(OC)cc23)N(C)[C@@H](C)C1. The number of ether oxygens (including phenoxy) is 1. The number of fused-ring (bicyclic) bond motifs is 1. The molecule has 0 saturated carbocycles. The summed E-state index contributed by atoms with van der Waals surface area (Å²) in [5.74, 6) is 1.78. The molecule has 0 radical (unpaired) electrons. The number of nitrogens with zero attached hydrogens (tertiary/aromatic N) is 2. The highest BCUT2D eigenvalue weighted by Gasteiger charge is 2.37. The number of aliphatic hydroxyl groups is 1. The third-order valence-corrected chi connectivity index (χ3v) is 6.19. The molecule has 0 bridgehead atoms. The minimum absolute atomic E-state index is 0.0722. The Hall–Kier alpha value is -1.91. The topological polar surface area (TPSA) is 45.6 Å².